The second-order valence-corrected chi connectivity index (χ2v) is 7.05. The van der Waals surface area contributed by atoms with E-state index in [0.29, 0.717) is 12.3 Å². The molecule has 6 nitrogen and oxygen atoms in total. The molecular formula is C20H21N3O3. The number of carbonyl (C=O) groups is 1. The molecule has 1 aliphatic heterocycles. The molecule has 0 spiro atoms. The van der Waals surface area contributed by atoms with E-state index in [2.05, 4.69) is 10.3 Å². The van der Waals surface area contributed by atoms with Crippen molar-refractivity contribution in [1.82, 2.24) is 14.7 Å². The van der Waals surface area contributed by atoms with Crippen molar-refractivity contribution in [2.24, 2.45) is 0 Å². The predicted octanol–water partition coefficient (Wildman–Crippen LogP) is 2.74. The van der Waals surface area contributed by atoms with E-state index in [0.717, 1.165) is 29.1 Å². The highest BCUT2D eigenvalue weighted by Crippen LogP contribution is 2.41. The van der Waals surface area contributed by atoms with Gasteiger partial charge in [-0.25, -0.2) is 4.98 Å². The Morgan fingerprint density at radius 2 is 2.19 bits per heavy atom. The van der Waals surface area contributed by atoms with E-state index in [1.807, 2.05) is 67.0 Å². The first-order chi connectivity index (χ1) is 12.5. The van der Waals surface area contributed by atoms with Crippen LogP contribution in [0.15, 0.2) is 48.8 Å². The van der Waals surface area contributed by atoms with Gasteiger partial charge >= 0.3 is 0 Å². The van der Waals surface area contributed by atoms with Gasteiger partial charge in [0.05, 0.1) is 12.2 Å². The van der Waals surface area contributed by atoms with Crippen LogP contribution in [0, 0.1) is 0 Å². The zero-order chi connectivity index (χ0) is 18.1. The summed E-state index contributed by atoms with van der Waals surface area (Å²) >= 11 is 0. The van der Waals surface area contributed by atoms with Gasteiger partial charge in [0.15, 0.2) is 18.1 Å². The molecule has 0 saturated carbocycles. The molecule has 26 heavy (non-hydrogen) atoms. The molecule has 0 atom stereocenters. The van der Waals surface area contributed by atoms with Crippen LogP contribution in [0.25, 0.3) is 5.65 Å². The van der Waals surface area contributed by atoms with Crippen LogP contribution in [-0.4, -0.2) is 27.5 Å². The van der Waals surface area contributed by atoms with Gasteiger partial charge in [-0.2, -0.15) is 0 Å². The summed E-state index contributed by atoms with van der Waals surface area (Å²) in [5.41, 5.74) is 2.52. The van der Waals surface area contributed by atoms with E-state index in [9.17, 15) is 4.79 Å². The van der Waals surface area contributed by atoms with E-state index < -0.39 is 0 Å². The van der Waals surface area contributed by atoms with E-state index in [4.69, 9.17) is 9.47 Å². The maximum absolute atomic E-state index is 12.1. The standard InChI is InChI=1S/C20H21N3O3/c1-20(2)10-14-6-5-7-16(19(14)26-20)25-13-18(24)21-11-15-12-23-9-4-3-8-17(23)22-15/h3-9,12H,10-11,13H2,1-2H3,(H,21,24). The molecular weight excluding hydrogens is 330 g/mol. The Morgan fingerprint density at radius 1 is 1.31 bits per heavy atom. The Hall–Kier alpha value is -3.02. The number of imidazole rings is 1. The Kier molecular flexibility index (Phi) is 4.03. The largest absolute Gasteiger partial charge is 0.483 e. The van der Waals surface area contributed by atoms with Gasteiger partial charge in [-0.15, -0.1) is 0 Å². The molecule has 1 amide bonds. The predicted molar refractivity (Wildman–Crippen MR) is 97.4 cm³/mol. The number of benzene rings is 1. The Balaban J connectivity index is 1.34. The van der Waals surface area contributed by atoms with E-state index in [-0.39, 0.29) is 18.1 Å². The van der Waals surface area contributed by atoms with Crippen LogP contribution in [0.3, 0.4) is 0 Å². The van der Waals surface area contributed by atoms with Gasteiger partial charge in [-0.05, 0) is 32.0 Å². The summed E-state index contributed by atoms with van der Waals surface area (Å²) < 4.78 is 13.6. The average Bonchev–Trinajstić information content (AvgIpc) is 3.16. The minimum atomic E-state index is -0.243. The number of para-hydroxylation sites is 1. The maximum atomic E-state index is 12.1. The molecule has 0 bridgehead atoms. The molecule has 0 saturated heterocycles. The lowest BCUT2D eigenvalue weighted by Crippen LogP contribution is -2.28. The zero-order valence-corrected chi connectivity index (χ0v) is 14.9. The van der Waals surface area contributed by atoms with Crippen molar-refractivity contribution in [2.75, 3.05) is 6.61 Å². The fraction of sp³-hybridized carbons (Fsp3) is 0.300. The van der Waals surface area contributed by atoms with E-state index in [1.165, 1.54) is 0 Å². The number of nitrogens with zero attached hydrogens (tertiary/aromatic N) is 2. The molecule has 3 heterocycles. The Labute approximate surface area is 151 Å². The number of carbonyl (C=O) groups excluding carboxylic acids is 1. The monoisotopic (exact) mass is 351 g/mol. The third-order valence-corrected chi connectivity index (χ3v) is 4.29. The van der Waals surface area contributed by atoms with Gasteiger partial charge in [-0.1, -0.05) is 18.2 Å². The van der Waals surface area contributed by atoms with E-state index >= 15 is 0 Å². The quantitative estimate of drug-likeness (QED) is 0.768. The second-order valence-electron chi connectivity index (χ2n) is 7.05. The van der Waals surface area contributed by atoms with Crippen molar-refractivity contribution in [2.45, 2.75) is 32.4 Å². The molecule has 3 aromatic rings. The molecule has 2 aromatic heterocycles. The first kappa shape index (κ1) is 16.4. The molecule has 0 fully saturated rings. The smallest absolute Gasteiger partial charge is 0.258 e. The number of amides is 1. The van der Waals surface area contributed by atoms with Crippen molar-refractivity contribution < 1.29 is 14.3 Å². The Morgan fingerprint density at radius 3 is 3.04 bits per heavy atom. The first-order valence-electron chi connectivity index (χ1n) is 8.63. The van der Waals surface area contributed by atoms with Crippen LogP contribution in [0.4, 0.5) is 0 Å². The number of hydrogen-bond acceptors (Lipinski definition) is 4. The van der Waals surface area contributed by atoms with Gasteiger partial charge in [0.1, 0.15) is 11.2 Å². The number of rotatable bonds is 5. The Bertz CT molecular complexity index is 929. The summed E-state index contributed by atoms with van der Waals surface area (Å²) in [6.45, 7) is 4.38. The molecule has 4 rings (SSSR count). The highest BCUT2D eigenvalue weighted by atomic mass is 16.5. The number of ether oxygens (including phenoxy) is 2. The molecule has 0 radical (unpaired) electrons. The highest BCUT2D eigenvalue weighted by molar-refractivity contribution is 5.77. The lowest BCUT2D eigenvalue weighted by molar-refractivity contribution is -0.123. The minimum Gasteiger partial charge on any atom is -0.483 e. The maximum Gasteiger partial charge on any atom is 0.258 e. The van der Waals surface area contributed by atoms with Crippen LogP contribution >= 0.6 is 0 Å². The second kappa shape index (κ2) is 6.37. The number of nitrogens with one attached hydrogen (secondary N) is 1. The van der Waals surface area contributed by atoms with Crippen LogP contribution in [0.5, 0.6) is 11.5 Å². The third-order valence-electron chi connectivity index (χ3n) is 4.29. The molecule has 1 aliphatic rings. The van der Waals surface area contributed by atoms with Crippen LogP contribution in [-0.2, 0) is 17.8 Å². The lowest BCUT2D eigenvalue weighted by Gasteiger charge is -2.18. The number of pyridine rings is 1. The summed E-state index contributed by atoms with van der Waals surface area (Å²) in [6, 6.07) is 11.6. The van der Waals surface area contributed by atoms with Gasteiger partial charge in [0.25, 0.3) is 5.91 Å². The molecule has 0 unspecified atom stereocenters. The number of aromatic nitrogens is 2. The van der Waals surface area contributed by atoms with Gasteiger partial charge < -0.3 is 19.2 Å². The fourth-order valence-electron chi connectivity index (χ4n) is 3.16. The first-order valence-corrected chi connectivity index (χ1v) is 8.63. The number of hydrogen-bond donors (Lipinski definition) is 1. The summed E-state index contributed by atoms with van der Waals surface area (Å²) in [5, 5.41) is 2.83. The van der Waals surface area contributed by atoms with Crippen molar-refractivity contribution in [3.05, 3.63) is 60.0 Å². The molecule has 134 valence electrons. The van der Waals surface area contributed by atoms with Crippen molar-refractivity contribution in [3.63, 3.8) is 0 Å². The van der Waals surface area contributed by atoms with Gasteiger partial charge in [0, 0.05) is 24.4 Å². The highest BCUT2D eigenvalue weighted by Gasteiger charge is 2.32. The molecule has 6 heteroatoms. The molecule has 0 aliphatic carbocycles. The van der Waals surface area contributed by atoms with Gasteiger partial charge in [-0.3, -0.25) is 4.79 Å². The third kappa shape index (κ3) is 3.35. The van der Waals surface area contributed by atoms with E-state index in [1.54, 1.807) is 0 Å². The fourth-order valence-corrected chi connectivity index (χ4v) is 3.16. The van der Waals surface area contributed by atoms with Crippen molar-refractivity contribution in [3.8, 4) is 11.5 Å². The van der Waals surface area contributed by atoms with Crippen LogP contribution in [0.2, 0.25) is 0 Å². The van der Waals surface area contributed by atoms with Crippen molar-refractivity contribution >= 4 is 11.6 Å². The molecule has 1 aromatic carbocycles. The summed E-state index contributed by atoms with van der Waals surface area (Å²) in [6.07, 6.45) is 4.66. The summed E-state index contributed by atoms with van der Waals surface area (Å²) in [5.74, 6) is 1.15. The van der Waals surface area contributed by atoms with Crippen molar-refractivity contribution in [1.29, 1.82) is 0 Å². The SMILES string of the molecule is CC1(C)Cc2cccc(OCC(=O)NCc3cn4ccccc4n3)c2O1. The van der Waals surface area contributed by atoms with Crippen LogP contribution in [0.1, 0.15) is 25.1 Å². The average molecular weight is 351 g/mol. The minimum absolute atomic E-state index is 0.0619. The number of fused-ring (bicyclic) bond motifs is 2. The lowest BCUT2D eigenvalue weighted by atomic mass is 10.0. The summed E-state index contributed by atoms with van der Waals surface area (Å²) in [4.78, 5) is 16.6. The van der Waals surface area contributed by atoms with Gasteiger partial charge in [0.2, 0.25) is 0 Å². The van der Waals surface area contributed by atoms with Crippen LogP contribution < -0.4 is 14.8 Å². The zero-order valence-electron chi connectivity index (χ0n) is 14.9. The summed E-state index contributed by atoms with van der Waals surface area (Å²) in [7, 11) is 0. The molecule has 1 N–H and O–H groups in total. The normalized spacial score (nSPS) is 14.7. The topological polar surface area (TPSA) is 64.9 Å².